The lowest BCUT2D eigenvalue weighted by atomic mass is 10.0. The maximum Gasteiger partial charge on any atom is 0.0766 e. The zero-order chi connectivity index (χ0) is 12.5. The Bertz CT molecular complexity index is 415. The van der Waals surface area contributed by atoms with Crippen molar-refractivity contribution in [3.05, 3.63) is 29.8 Å². The molecule has 2 aliphatic rings. The van der Waals surface area contributed by atoms with Crippen molar-refractivity contribution in [2.45, 2.75) is 31.9 Å². The van der Waals surface area contributed by atoms with E-state index >= 15 is 0 Å². The van der Waals surface area contributed by atoms with Crippen LogP contribution in [0.15, 0.2) is 24.3 Å². The highest BCUT2D eigenvalue weighted by Crippen LogP contribution is 2.32. The van der Waals surface area contributed by atoms with Crippen molar-refractivity contribution in [2.75, 3.05) is 24.7 Å². The van der Waals surface area contributed by atoms with Crippen molar-refractivity contribution in [1.29, 1.82) is 0 Å². The normalized spacial score (nSPS) is 28.4. The molecule has 1 aromatic rings. The summed E-state index contributed by atoms with van der Waals surface area (Å²) in [5.74, 6) is 0.310. The first-order valence-electron chi connectivity index (χ1n) is 6.86. The van der Waals surface area contributed by atoms with E-state index in [1.165, 1.54) is 11.3 Å². The molecule has 3 unspecified atom stereocenters. The average molecular weight is 247 g/mol. The fourth-order valence-electron chi connectivity index (χ4n) is 3.11. The van der Waals surface area contributed by atoms with Crippen molar-refractivity contribution in [3.8, 4) is 0 Å². The molecule has 0 aromatic heterocycles. The molecule has 3 rings (SSSR count). The lowest BCUT2D eigenvalue weighted by molar-refractivity contribution is 0.0952. The van der Waals surface area contributed by atoms with E-state index in [2.05, 4.69) is 36.1 Å². The highest BCUT2D eigenvalue weighted by Gasteiger charge is 2.31. The third kappa shape index (κ3) is 2.13. The highest BCUT2D eigenvalue weighted by atomic mass is 16.5. The number of aliphatic hydroxyl groups excluding tert-OH is 1. The monoisotopic (exact) mass is 247 g/mol. The number of anilines is 1. The highest BCUT2D eigenvalue weighted by molar-refractivity contribution is 5.59. The van der Waals surface area contributed by atoms with E-state index in [1.807, 2.05) is 0 Å². The molecule has 1 saturated heterocycles. The largest absolute Gasteiger partial charge is 0.391 e. The molecule has 3 heteroatoms. The second kappa shape index (κ2) is 4.90. The van der Waals surface area contributed by atoms with Crippen LogP contribution in [0.1, 0.15) is 18.9 Å². The van der Waals surface area contributed by atoms with Gasteiger partial charge in [0.15, 0.2) is 0 Å². The first-order chi connectivity index (χ1) is 8.75. The number of hydrogen-bond donors (Lipinski definition) is 1. The van der Waals surface area contributed by atoms with Crippen LogP contribution in [0.2, 0.25) is 0 Å². The summed E-state index contributed by atoms with van der Waals surface area (Å²) in [6.07, 6.45) is 1.80. The molecule has 3 nitrogen and oxygen atoms in total. The molecule has 0 bridgehead atoms. The quantitative estimate of drug-likeness (QED) is 0.884. The topological polar surface area (TPSA) is 32.7 Å². The zero-order valence-electron chi connectivity index (χ0n) is 10.9. The molecule has 98 valence electrons. The maximum atomic E-state index is 10.3. The van der Waals surface area contributed by atoms with Gasteiger partial charge in [-0.15, -0.1) is 0 Å². The fourth-order valence-corrected chi connectivity index (χ4v) is 3.11. The lowest BCUT2D eigenvalue weighted by Crippen LogP contribution is -2.40. The van der Waals surface area contributed by atoms with Crippen LogP contribution in [0.5, 0.6) is 0 Å². The number of rotatable bonds is 3. The van der Waals surface area contributed by atoms with Gasteiger partial charge < -0.3 is 14.7 Å². The number of benzene rings is 1. The summed E-state index contributed by atoms with van der Waals surface area (Å²) in [5.41, 5.74) is 2.70. The van der Waals surface area contributed by atoms with Gasteiger partial charge in [0.25, 0.3) is 0 Å². The molecule has 0 aliphatic carbocycles. The Morgan fingerprint density at radius 1 is 1.44 bits per heavy atom. The Morgan fingerprint density at radius 2 is 2.28 bits per heavy atom. The molecule has 1 fully saturated rings. The third-order valence-corrected chi connectivity index (χ3v) is 4.24. The molecular weight excluding hydrogens is 226 g/mol. The second-order valence-electron chi connectivity index (χ2n) is 5.53. The van der Waals surface area contributed by atoms with Crippen LogP contribution >= 0.6 is 0 Å². The Kier molecular flexibility index (Phi) is 3.27. The minimum atomic E-state index is -0.277. The predicted molar refractivity (Wildman–Crippen MR) is 71.9 cm³/mol. The summed E-state index contributed by atoms with van der Waals surface area (Å²) < 4.78 is 5.36. The number of ether oxygens (including phenoxy) is 1. The van der Waals surface area contributed by atoms with Gasteiger partial charge in [-0.2, -0.15) is 0 Å². The fraction of sp³-hybridized carbons (Fsp3) is 0.600. The molecule has 0 saturated carbocycles. The summed E-state index contributed by atoms with van der Waals surface area (Å²) in [6, 6.07) is 9.01. The Morgan fingerprint density at radius 3 is 3.06 bits per heavy atom. The summed E-state index contributed by atoms with van der Waals surface area (Å²) >= 11 is 0. The number of fused-ring (bicyclic) bond motifs is 1. The summed E-state index contributed by atoms with van der Waals surface area (Å²) in [6.45, 7) is 4.48. The van der Waals surface area contributed by atoms with E-state index in [1.54, 1.807) is 0 Å². The van der Waals surface area contributed by atoms with Crippen LogP contribution in [0.3, 0.4) is 0 Å². The Balaban J connectivity index is 1.72. The van der Waals surface area contributed by atoms with Crippen LogP contribution in [0.4, 0.5) is 5.69 Å². The SMILES string of the molecule is CC1Cc2ccccc2N1CC(O)C1CCOC1. The van der Waals surface area contributed by atoms with Crippen molar-refractivity contribution in [1.82, 2.24) is 0 Å². The number of β-amino-alcohol motifs (C(OH)–C–C–N with tert-alkyl or cyclic N) is 1. The number of hydrogen-bond acceptors (Lipinski definition) is 3. The number of nitrogens with zero attached hydrogens (tertiary/aromatic N) is 1. The van der Waals surface area contributed by atoms with Crippen molar-refractivity contribution >= 4 is 5.69 Å². The number of para-hydroxylation sites is 1. The first-order valence-corrected chi connectivity index (χ1v) is 6.86. The molecular formula is C15H21NO2. The standard InChI is InChI=1S/C15H21NO2/c1-11-8-12-4-2-3-5-14(12)16(11)9-15(17)13-6-7-18-10-13/h2-5,11,13,15,17H,6-10H2,1H3. The zero-order valence-corrected chi connectivity index (χ0v) is 10.9. The van der Waals surface area contributed by atoms with E-state index < -0.39 is 0 Å². The van der Waals surface area contributed by atoms with Crippen LogP contribution in [0.25, 0.3) is 0 Å². The van der Waals surface area contributed by atoms with Gasteiger partial charge in [-0.1, -0.05) is 18.2 Å². The van der Waals surface area contributed by atoms with E-state index in [9.17, 15) is 5.11 Å². The number of aliphatic hydroxyl groups is 1. The van der Waals surface area contributed by atoms with E-state index in [4.69, 9.17) is 4.74 Å². The molecule has 3 atom stereocenters. The van der Waals surface area contributed by atoms with E-state index in [0.717, 1.165) is 26.0 Å². The van der Waals surface area contributed by atoms with Gasteiger partial charge in [0, 0.05) is 30.8 Å². The molecule has 2 heterocycles. The van der Waals surface area contributed by atoms with Gasteiger partial charge in [-0.3, -0.25) is 0 Å². The van der Waals surface area contributed by atoms with Crippen LogP contribution in [0, 0.1) is 5.92 Å². The summed E-state index contributed by atoms with van der Waals surface area (Å²) in [7, 11) is 0. The summed E-state index contributed by atoms with van der Waals surface area (Å²) in [4.78, 5) is 2.35. The maximum absolute atomic E-state index is 10.3. The van der Waals surface area contributed by atoms with Gasteiger partial charge >= 0.3 is 0 Å². The molecule has 1 aromatic carbocycles. The molecule has 2 aliphatic heterocycles. The van der Waals surface area contributed by atoms with E-state index in [-0.39, 0.29) is 6.10 Å². The predicted octanol–water partition coefficient (Wildman–Crippen LogP) is 1.83. The van der Waals surface area contributed by atoms with Crippen LogP contribution < -0.4 is 4.90 Å². The van der Waals surface area contributed by atoms with Crippen molar-refractivity contribution in [2.24, 2.45) is 5.92 Å². The van der Waals surface area contributed by atoms with E-state index in [0.29, 0.717) is 18.6 Å². The molecule has 0 amide bonds. The molecule has 0 radical (unpaired) electrons. The molecule has 0 spiro atoms. The van der Waals surface area contributed by atoms with Gasteiger partial charge in [0.05, 0.1) is 12.7 Å². The van der Waals surface area contributed by atoms with Crippen LogP contribution in [-0.4, -0.2) is 37.0 Å². The summed E-state index contributed by atoms with van der Waals surface area (Å²) in [5, 5.41) is 10.3. The Labute approximate surface area is 108 Å². The minimum absolute atomic E-state index is 0.277. The van der Waals surface area contributed by atoms with Gasteiger partial charge in [-0.05, 0) is 31.4 Å². The van der Waals surface area contributed by atoms with Gasteiger partial charge in [0.1, 0.15) is 0 Å². The van der Waals surface area contributed by atoms with Crippen molar-refractivity contribution in [3.63, 3.8) is 0 Å². The lowest BCUT2D eigenvalue weighted by Gasteiger charge is -2.29. The van der Waals surface area contributed by atoms with Crippen molar-refractivity contribution < 1.29 is 9.84 Å². The second-order valence-corrected chi connectivity index (χ2v) is 5.53. The molecule has 1 N–H and O–H groups in total. The van der Waals surface area contributed by atoms with Gasteiger partial charge in [-0.25, -0.2) is 0 Å². The third-order valence-electron chi connectivity index (χ3n) is 4.24. The van der Waals surface area contributed by atoms with Gasteiger partial charge in [0.2, 0.25) is 0 Å². The molecule has 18 heavy (non-hydrogen) atoms. The first kappa shape index (κ1) is 12.0. The Hall–Kier alpha value is -1.06. The smallest absolute Gasteiger partial charge is 0.0766 e. The van der Waals surface area contributed by atoms with Crippen LogP contribution in [-0.2, 0) is 11.2 Å². The minimum Gasteiger partial charge on any atom is -0.391 e. The average Bonchev–Trinajstić information content (AvgIpc) is 2.98.